The van der Waals surface area contributed by atoms with Crippen molar-refractivity contribution >= 4 is 23.3 Å². The third-order valence-electron chi connectivity index (χ3n) is 2.57. The van der Waals surface area contributed by atoms with Crippen molar-refractivity contribution in [3.63, 3.8) is 0 Å². The monoisotopic (exact) mass is 266 g/mol. The zero-order valence-electron chi connectivity index (χ0n) is 9.55. The molecular weight excluding hydrogens is 252 g/mol. The molecule has 0 saturated carbocycles. The van der Waals surface area contributed by atoms with Crippen LogP contribution < -0.4 is 26.6 Å². The Morgan fingerprint density at radius 3 is 2.83 bits per heavy atom. The molecule has 7 heteroatoms. The van der Waals surface area contributed by atoms with Crippen LogP contribution >= 0.6 is 12.2 Å². The fourth-order valence-corrected chi connectivity index (χ4v) is 1.87. The van der Waals surface area contributed by atoms with Crippen molar-refractivity contribution in [2.45, 2.75) is 6.17 Å². The Balaban J connectivity index is 1.90. The van der Waals surface area contributed by atoms with E-state index in [1.807, 2.05) is 6.07 Å². The number of carbonyl (C=O) groups is 1. The molecule has 0 aromatic heterocycles. The van der Waals surface area contributed by atoms with Crippen LogP contribution in [0.2, 0.25) is 0 Å². The molecule has 2 rings (SSSR count). The average molecular weight is 266 g/mol. The molecule has 1 fully saturated rings. The highest BCUT2D eigenvalue weighted by Gasteiger charge is 2.30. The molecule has 5 N–H and O–H groups in total. The first kappa shape index (κ1) is 12.7. The Labute approximate surface area is 110 Å². The number of thiocarbonyl (C=S) groups is 1. The Bertz CT molecular complexity index is 440. The van der Waals surface area contributed by atoms with Gasteiger partial charge in [-0.25, -0.2) is 10.2 Å². The molecule has 1 saturated heterocycles. The van der Waals surface area contributed by atoms with Gasteiger partial charge in [0, 0.05) is 6.54 Å². The molecule has 18 heavy (non-hydrogen) atoms. The Kier molecular flexibility index (Phi) is 4.08. The number of para-hydroxylation sites is 1. The lowest BCUT2D eigenvalue weighted by atomic mass is 10.1. The third kappa shape index (κ3) is 3.16. The van der Waals surface area contributed by atoms with Crippen LogP contribution in [0.1, 0.15) is 0 Å². The van der Waals surface area contributed by atoms with E-state index in [4.69, 9.17) is 22.7 Å². The molecule has 6 nitrogen and oxygen atoms in total. The quantitative estimate of drug-likeness (QED) is 0.581. The highest BCUT2D eigenvalue weighted by atomic mass is 32.1. The standard InChI is InChI=1S/C11H14N4O2S/c12-9(18)8-6-13-15-10(8)14-11(16)17-7-4-2-1-3-5-7/h1-5,8,10,13,15H,6H2,(H2,12,18)(H,14,16). The first-order valence-electron chi connectivity index (χ1n) is 5.48. The summed E-state index contributed by atoms with van der Waals surface area (Å²) >= 11 is 4.92. The lowest BCUT2D eigenvalue weighted by molar-refractivity contribution is 0.193. The van der Waals surface area contributed by atoms with Crippen LogP contribution in [-0.2, 0) is 0 Å². The van der Waals surface area contributed by atoms with E-state index >= 15 is 0 Å². The van der Waals surface area contributed by atoms with Crippen molar-refractivity contribution in [1.82, 2.24) is 16.2 Å². The van der Waals surface area contributed by atoms with Crippen LogP contribution in [0, 0.1) is 5.92 Å². The van der Waals surface area contributed by atoms with Gasteiger partial charge in [0.25, 0.3) is 0 Å². The molecule has 0 radical (unpaired) electrons. The predicted octanol–water partition coefficient (Wildman–Crippen LogP) is 0.111. The molecular formula is C11H14N4O2S. The highest BCUT2D eigenvalue weighted by molar-refractivity contribution is 7.80. The maximum atomic E-state index is 11.7. The predicted molar refractivity (Wildman–Crippen MR) is 70.8 cm³/mol. The molecule has 1 amide bonds. The lowest BCUT2D eigenvalue weighted by Gasteiger charge is -2.18. The van der Waals surface area contributed by atoms with Crippen molar-refractivity contribution in [2.75, 3.05) is 6.54 Å². The van der Waals surface area contributed by atoms with Crippen molar-refractivity contribution in [3.8, 4) is 5.75 Å². The molecule has 1 aliphatic rings. The molecule has 0 spiro atoms. The molecule has 1 heterocycles. The van der Waals surface area contributed by atoms with Gasteiger partial charge in [0.05, 0.1) is 10.9 Å². The van der Waals surface area contributed by atoms with Crippen molar-refractivity contribution in [2.24, 2.45) is 11.7 Å². The maximum Gasteiger partial charge on any atom is 0.413 e. The van der Waals surface area contributed by atoms with Gasteiger partial charge < -0.3 is 15.8 Å². The molecule has 96 valence electrons. The summed E-state index contributed by atoms with van der Waals surface area (Å²) in [6.07, 6.45) is -0.914. The van der Waals surface area contributed by atoms with E-state index in [0.717, 1.165) is 0 Å². The van der Waals surface area contributed by atoms with Crippen LogP contribution in [0.5, 0.6) is 5.75 Å². The number of nitrogens with one attached hydrogen (secondary N) is 3. The average Bonchev–Trinajstić information content (AvgIpc) is 2.78. The van der Waals surface area contributed by atoms with E-state index in [9.17, 15) is 4.79 Å². The minimum absolute atomic E-state index is 0.136. The second-order valence-electron chi connectivity index (χ2n) is 3.86. The van der Waals surface area contributed by atoms with Crippen molar-refractivity contribution in [3.05, 3.63) is 30.3 Å². The van der Waals surface area contributed by atoms with E-state index in [1.54, 1.807) is 24.3 Å². The van der Waals surface area contributed by atoms with Crippen LogP contribution in [0.3, 0.4) is 0 Å². The Hall–Kier alpha value is -1.70. The van der Waals surface area contributed by atoms with Gasteiger partial charge in [-0.2, -0.15) is 0 Å². The van der Waals surface area contributed by atoms with Crippen molar-refractivity contribution < 1.29 is 9.53 Å². The smallest absolute Gasteiger partial charge is 0.410 e. The Morgan fingerprint density at radius 2 is 2.17 bits per heavy atom. The topological polar surface area (TPSA) is 88.4 Å². The SMILES string of the molecule is NC(=S)C1CNNC1NC(=O)Oc1ccccc1. The van der Waals surface area contributed by atoms with E-state index in [2.05, 4.69) is 16.2 Å². The summed E-state index contributed by atoms with van der Waals surface area (Å²) < 4.78 is 5.10. The first-order valence-corrected chi connectivity index (χ1v) is 5.89. The molecule has 1 aliphatic heterocycles. The van der Waals surface area contributed by atoms with Crippen LogP contribution in [0.15, 0.2) is 30.3 Å². The second kappa shape index (κ2) is 5.76. The highest BCUT2D eigenvalue weighted by Crippen LogP contribution is 2.10. The number of hydrazine groups is 1. The summed E-state index contributed by atoms with van der Waals surface area (Å²) in [5.41, 5.74) is 11.3. The first-order chi connectivity index (χ1) is 8.66. The van der Waals surface area contributed by atoms with Gasteiger partial charge >= 0.3 is 6.09 Å². The number of nitrogens with two attached hydrogens (primary N) is 1. The number of rotatable bonds is 3. The number of benzene rings is 1. The van der Waals surface area contributed by atoms with Gasteiger partial charge in [-0.05, 0) is 12.1 Å². The van der Waals surface area contributed by atoms with E-state index < -0.39 is 6.09 Å². The molecule has 1 aromatic rings. The molecule has 0 bridgehead atoms. The van der Waals surface area contributed by atoms with Crippen LogP contribution in [-0.4, -0.2) is 23.8 Å². The van der Waals surface area contributed by atoms with Gasteiger partial charge in [0.15, 0.2) is 0 Å². The summed E-state index contributed by atoms with van der Waals surface area (Å²) in [4.78, 5) is 12.0. The zero-order chi connectivity index (χ0) is 13.0. The molecule has 1 aromatic carbocycles. The minimum atomic E-state index is -0.552. The van der Waals surface area contributed by atoms with Crippen LogP contribution in [0.25, 0.3) is 0 Å². The number of hydrogen-bond donors (Lipinski definition) is 4. The summed E-state index contributed by atoms with van der Waals surface area (Å²) in [5.74, 6) is 0.344. The summed E-state index contributed by atoms with van der Waals surface area (Å²) in [6.45, 7) is 0.575. The second-order valence-corrected chi connectivity index (χ2v) is 4.33. The molecule has 2 unspecified atom stereocenters. The van der Waals surface area contributed by atoms with E-state index in [-0.39, 0.29) is 12.1 Å². The minimum Gasteiger partial charge on any atom is -0.410 e. The third-order valence-corrected chi connectivity index (χ3v) is 2.88. The summed E-state index contributed by atoms with van der Waals surface area (Å²) in [6, 6.07) is 8.82. The largest absolute Gasteiger partial charge is 0.413 e. The number of carbonyl (C=O) groups excluding carboxylic acids is 1. The fourth-order valence-electron chi connectivity index (χ4n) is 1.65. The lowest BCUT2D eigenvalue weighted by Crippen LogP contribution is -2.50. The van der Waals surface area contributed by atoms with Gasteiger partial charge in [-0.3, -0.25) is 5.43 Å². The van der Waals surface area contributed by atoms with Crippen molar-refractivity contribution in [1.29, 1.82) is 0 Å². The number of ether oxygens (including phenoxy) is 1. The summed E-state index contributed by atoms with van der Waals surface area (Å²) in [7, 11) is 0. The number of amides is 1. The number of hydrogen-bond acceptors (Lipinski definition) is 5. The van der Waals surface area contributed by atoms with Gasteiger partial charge in [0.1, 0.15) is 11.9 Å². The van der Waals surface area contributed by atoms with Crippen LogP contribution in [0.4, 0.5) is 4.79 Å². The fraction of sp³-hybridized carbons (Fsp3) is 0.273. The van der Waals surface area contributed by atoms with Gasteiger partial charge in [-0.1, -0.05) is 30.4 Å². The van der Waals surface area contributed by atoms with E-state index in [0.29, 0.717) is 17.3 Å². The molecule has 2 atom stereocenters. The van der Waals surface area contributed by atoms with Gasteiger partial charge in [0.2, 0.25) is 0 Å². The van der Waals surface area contributed by atoms with Gasteiger partial charge in [-0.15, -0.1) is 0 Å². The molecule has 0 aliphatic carbocycles. The Morgan fingerprint density at radius 1 is 1.44 bits per heavy atom. The normalized spacial score (nSPS) is 22.4. The zero-order valence-corrected chi connectivity index (χ0v) is 10.4. The maximum absolute atomic E-state index is 11.7. The summed E-state index contributed by atoms with van der Waals surface area (Å²) in [5, 5.41) is 2.66. The van der Waals surface area contributed by atoms with E-state index in [1.165, 1.54) is 0 Å².